The van der Waals surface area contributed by atoms with Crippen LogP contribution in [0.5, 0.6) is 0 Å². The summed E-state index contributed by atoms with van der Waals surface area (Å²) in [5.41, 5.74) is 2.62. The molecule has 5 nitrogen and oxygen atoms in total. The highest BCUT2D eigenvalue weighted by Crippen LogP contribution is 2.29. The first-order valence-corrected chi connectivity index (χ1v) is 7.40. The maximum Gasteiger partial charge on any atom is 0.223 e. The van der Waals surface area contributed by atoms with E-state index in [-0.39, 0.29) is 6.04 Å². The highest BCUT2D eigenvalue weighted by atomic mass is 35.5. The van der Waals surface area contributed by atoms with Gasteiger partial charge in [0.05, 0.1) is 11.3 Å². The van der Waals surface area contributed by atoms with Crippen LogP contribution in [-0.4, -0.2) is 26.0 Å². The Hall–Kier alpha value is -2.40. The molecule has 22 heavy (non-hydrogen) atoms. The van der Waals surface area contributed by atoms with Crippen molar-refractivity contribution in [3.05, 3.63) is 47.9 Å². The predicted octanol–water partition coefficient (Wildman–Crippen LogP) is 4.01. The van der Waals surface area contributed by atoms with E-state index in [1.165, 1.54) is 0 Å². The number of aromatic amines is 1. The maximum absolute atomic E-state index is 5.97. The topological polar surface area (TPSA) is 66.5 Å². The minimum atomic E-state index is 0.257. The third kappa shape index (κ3) is 3.09. The standard InChI is InChI=1S/C16H16ClN5/c1-10(2)21-16-20-9-13(15-18-7-8-19-15)14(22-16)11-3-5-12(17)6-4-11/h3-10H,1-2H3,(H,18,19)(H,20,21,22). The Kier molecular flexibility index (Phi) is 4.06. The summed E-state index contributed by atoms with van der Waals surface area (Å²) in [7, 11) is 0. The largest absolute Gasteiger partial charge is 0.352 e. The molecule has 6 heteroatoms. The van der Waals surface area contributed by atoms with Crippen LogP contribution in [0.3, 0.4) is 0 Å². The summed E-state index contributed by atoms with van der Waals surface area (Å²) in [4.78, 5) is 16.4. The van der Waals surface area contributed by atoms with Gasteiger partial charge < -0.3 is 10.3 Å². The highest BCUT2D eigenvalue weighted by Gasteiger charge is 2.13. The van der Waals surface area contributed by atoms with Crippen molar-refractivity contribution in [2.45, 2.75) is 19.9 Å². The number of nitrogens with zero attached hydrogens (tertiary/aromatic N) is 3. The molecule has 0 spiro atoms. The van der Waals surface area contributed by atoms with Gasteiger partial charge in [0.1, 0.15) is 5.82 Å². The molecule has 0 aliphatic carbocycles. The highest BCUT2D eigenvalue weighted by molar-refractivity contribution is 6.30. The average molecular weight is 314 g/mol. The quantitative estimate of drug-likeness (QED) is 0.764. The Morgan fingerprint density at radius 1 is 1.14 bits per heavy atom. The van der Waals surface area contributed by atoms with Crippen molar-refractivity contribution in [1.82, 2.24) is 19.9 Å². The fourth-order valence-electron chi connectivity index (χ4n) is 2.12. The summed E-state index contributed by atoms with van der Waals surface area (Å²) >= 11 is 5.97. The summed E-state index contributed by atoms with van der Waals surface area (Å²) in [6.07, 6.45) is 5.27. The molecule has 3 aromatic rings. The van der Waals surface area contributed by atoms with E-state index in [4.69, 9.17) is 11.6 Å². The normalized spacial score (nSPS) is 10.9. The minimum Gasteiger partial charge on any atom is -0.352 e. The van der Waals surface area contributed by atoms with Crippen molar-refractivity contribution >= 4 is 17.5 Å². The summed E-state index contributed by atoms with van der Waals surface area (Å²) in [5, 5.41) is 3.91. The fourth-order valence-corrected chi connectivity index (χ4v) is 2.25. The number of rotatable bonds is 4. The summed E-state index contributed by atoms with van der Waals surface area (Å²) in [6, 6.07) is 7.83. The number of benzene rings is 1. The van der Waals surface area contributed by atoms with Gasteiger partial charge in [0, 0.05) is 35.2 Å². The van der Waals surface area contributed by atoms with Gasteiger partial charge in [0.15, 0.2) is 0 Å². The number of H-pyrrole nitrogens is 1. The van der Waals surface area contributed by atoms with E-state index in [2.05, 4.69) is 25.3 Å². The molecule has 0 saturated heterocycles. The molecule has 0 atom stereocenters. The fraction of sp³-hybridized carbons (Fsp3) is 0.188. The van der Waals surface area contributed by atoms with E-state index in [0.717, 1.165) is 22.6 Å². The van der Waals surface area contributed by atoms with Crippen LogP contribution in [0.15, 0.2) is 42.9 Å². The second-order valence-electron chi connectivity index (χ2n) is 5.20. The first kappa shape index (κ1) is 14.5. The van der Waals surface area contributed by atoms with Gasteiger partial charge in [0.25, 0.3) is 0 Å². The second-order valence-corrected chi connectivity index (χ2v) is 5.64. The Morgan fingerprint density at radius 3 is 2.55 bits per heavy atom. The lowest BCUT2D eigenvalue weighted by molar-refractivity contribution is 0.875. The van der Waals surface area contributed by atoms with Crippen molar-refractivity contribution < 1.29 is 0 Å². The van der Waals surface area contributed by atoms with Crippen molar-refractivity contribution in [3.63, 3.8) is 0 Å². The van der Waals surface area contributed by atoms with Crippen molar-refractivity contribution in [1.29, 1.82) is 0 Å². The molecule has 0 fully saturated rings. The van der Waals surface area contributed by atoms with Crippen molar-refractivity contribution in [3.8, 4) is 22.6 Å². The first-order chi connectivity index (χ1) is 10.6. The van der Waals surface area contributed by atoms with Crippen LogP contribution in [0.25, 0.3) is 22.6 Å². The van der Waals surface area contributed by atoms with Gasteiger partial charge in [-0.05, 0) is 26.0 Å². The van der Waals surface area contributed by atoms with Crippen LogP contribution in [0.1, 0.15) is 13.8 Å². The number of nitrogens with one attached hydrogen (secondary N) is 2. The average Bonchev–Trinajstić information content (AvgIpc) is 3.01. The second kappa shape index (κ2) is 6.15. The summed E-state index contributed by atoms with van der Waals surface area (Å²) < 4.78 is 0. The molecular formula is C16H16ClN5. The van der Waals surface area contributed by atoms with Gasteiger partial charge in [-0.2, -0.15) is 0 Å². The van der Waals surface area contributed by atoms with Gasteiger partial charge in [0.2, 0.25) is 5.95 Å². The molecule has 2 N–H and O–H groups in total. The van der Waals surface area contributed by atoms with E-state index in [1.54, 1.807) is 18.6 Å². The van der Waals surface area contributed by atoms with E-state index in [9.17, 15) is 0 Å². The van der Waals surface area contributed by atoms with Crippen LogP contribution in [0.2, 0.25) is 5.02 Å². The Bertz CT molecular complexity index is 751. The zero-order valence-corrected chi connectivity index (χ0v) is 13.1. The zero-order valence-electron chi connectivity index (χ0n) is 12.3. The number of hydrogen-bond acceptors (Lipinski definition) is 4. The van der Waals surface area contributed by atoms with Gasteiger partial charge in [-0.3, -0.25) is 0 Å². The summed E-state index contributed by atoms with van der Waals surface area (Å²) in [5.74, 6) is 1.33. The summed E-state index contributed by atoms with van der Waals surface area (Å²) in [6.45, 7) is 4.09. The third-order valence-electron chi connectivity index (χ3n) is 3.08. The van der Waals surface area contributed by atoms with Crippen molar-refractivity contribution in [2.24, 2.45) is 0 Å². The molecule has 0 radical (unpaired) electrons. The van der Waals surface area contributed by atoms with Crippen LogP contribution in [0, 0.1) is 0 Å². The van der Waals surface area contributed by atoms with Crippen LogP contribution in [-0.2, 0) is 0 Å². The van der Waals surface area contributed by atoms with E-state index < -0.39 is 0 Å². The molecule has 0 unspecified atom stereocenters. The Morgan fingerprint density at radius 2 is 1.91 bits per heavy atom. The van der Waals surface area contributed by atoms with E-state index in [0.29, 0.717) is 11.0 Å². The minimum absolute atomic E-state index is 0.257. The molecule has 0 saturated carbocycles. The number of imidazole rings is 1. The van der Waals surface area contributed by atoms with Gasteiger partial charge in [-0.25, -0.2) is 15.0 Å². The maximum atomic E-state index is 5.97. The predicted molar refractivity (Wildman–Crippen MR) is 88.8 cm³/mol. The smallest absolute Gasteiger partial charge is 0.223 e. The molecule has 0 aliphatic heterocycles. The lowest BCUT2D eigenvalue weighted by Crippen LogP contribution is -2.13. The Balaban J connectivity index is 2.12. The molecule has 2 aromatic heterocycles. The zero-order chi connectivity index (χ0) is 15.5. The van der Waals surface area contributed by atoms with E-state index >= 15 is 0 Å². The van der Waals surface area contributed by atoms with Crippen LogP contribution >= 0.6 is 11.6 Å². The number of anilines is 1. The number of aromatic nitrogens is 4. The molecule has 0 amide bonds. The number of halogens is 1. The molecule has 0 aliphatic rings. The third-order valence-corrected chi connectivity index (χ3v) is 3.33. The van der Waals surface area contributed by atoms with Crippen LogP contribution in [0.4, 0.5) is 5.95 Å². The van der Waals surface area contributed by atoms with Gasteiger partial charge in [-0.1, -0.05) is 23.7 Å². The Labute approximate surface area is 133 Å². The van der Waals surface area contributed by atoms with Gasteiger partial charge in [-0.15, -0.1) is 0 Å². The monoisotopic (exact) mass is 313 g/mol. The lowest BCUT2D eigenvalue weighted by Gasteiger charge is -2.12. The molecule has 3 rings (SSSR count). The molecule has 0 bridgehead atoms. The molecule has 112 valence electrons. The molecule has 1 aromatic carbocycles. The molecule has 2 heterocycles. The van der Waals surface area contributed by atoms with Crippen molar-refractivity contribution in [2.75, 3.05) is 5.32 Å². The van der Waals surface area contributed by atoms with Gasteiger partial charge >= 0.3 is 0 Å². The first-order valence-electron chi connectivity index (χ1n) is 7.03. The van der Waals surface area contributed by atoms with Crippen LogP contribution < -0.4 is 5.32 Å². The number of hydrogen-bond donors (Lipinski definition) is 2. The van der Waals surface area contributed by atoms with E-state index in [1.807, 2.05) is 38.1 Å². The SMILES string of the molecule is CC(C)Nc1ncc(-c2ncc[nH]2)c(-c2ccc(Cl)cc2)n1. The lowest BCUT2D eigenvalue weighted by atomic mass is 10.1. The molecular weight excluding hydrogens is 298 g/mol.